The highest BCUT2D eigenvalue weighted by Gasteiger charge is 2.21. The molecule has 0 spiro atoms. The molecule has 4 heteroatoms. The summed E-state index contributed by atoms with van der Waals surface area (Å²) in [5.74, 6) is 0.0723. The van der Waals surface area contributed by atoms with Crippen molar-refractivity contribution in [2.24, 2.45) is 0 Å². The van der Waals surface area contributed by atoms with Gasteiger partial charge in [-0.2, -0.15) is 0 Å². The molecular weight excluding hydrogens is 316 g/mol. The van der Waals surface area contributed by atoms with Crippen LogP contribution in [0.5, 0.6) is 0 Å². The minimum Gasteiger partial charge on any atom is -0.279 e. The number of benzene rings is 2. The van der Waals surface area contributed by atoms with E-state index in [1.165, 1.54) is 11.8 Å². The Balaban J connectivity index is 1.81. The van der Waals surface area contributed by atoms with Gasteiger partial charge in [0.15, 0.2) is 0 Å². The number of rotatable bonds is 3. The number of hydrogen-bond acceptors (Lipinski definition) is 3. The molecule has 0 aliphatic carbocycles. The highest BCUT2D eigenvalue weighted by molar-refractivity contribution is 8.00. The van der Waals surface area contributed by atoms with Crippen molar-refractivity contribution in [1.29, 1.82) is 0 Å². The third kappa shape index (κ3) is 2.49. The number of para-hydroxylation sites is 2. The average Bonchev–Trinajstić information content (AvgIpc) is 2.96. The molecule has 0 N–H and O–H groups in total. The molecule has 118 valence electrons. The molecular formula is C20H16N2OS. The Hall–Kier alpha value is -2.59. The highest BCUT2D eigenvalue weighted by atomic mass is 32.2. The Labute approximate surface area is 144 Å². The van der Waals surface area contributed by atoms with Crippen molar-refractivity contribution in [1.82, 2.24) is 9.55 Å². The van der Waals surface area contributed by atoms with Gasteiger partial charge in [0.25, 0.3) is 0 Å². The lowest BCUT2D eigenvalue weighted by Gasteiger charge is -2.12. The van der Waals surface area contributed by atoms with Gasteiger partial charge in [-0.3, -0.25) is 9.36 Å². The van der Waals surface area contributed by atoms with Crippen LogP contribution in [0.1, 0.15) is 11.7 Å². The summed E-state index contributed by atoms with van der Waals surface area (Å²) < 4.78 is 1.84. The predicted molar refractivity (Wildman–Crippen MR) is 99.6 cm³/mol. The van der Waals surface area contributed by atoms with Crippen molar-refractivity contribution in [2.75, 3.05) is 0 Å². The maximum Gasteiger partial charge on any atom is 0.244 e. The zero-order valence-corrected chi connectivity index (χ0v) is 14.0. The molecule has 0 unspecified atom stereocenters. The van der Waals surface area contributed by atoms with Crippen LogP contribution in [0.4, 0.5) is 0 Å². The molecule has 2 aromatic heterocycles. The number of carbonyl (C=O) groups excluding carboxylic acids is 1. The van der Waals surface area contributed by atoms with Gasteiger partial charge in [-0.1, -0.05) is 54.2 Å². The second-order valence-corrected chi connectivity index (χ2v) is 7.00. The number of aromatic nitrogens is 2. The largest absolute Gasteiger partial charge is 0.279 e. The van der Waals surface area contributed by atoms with Crippen LogP contribution in [0.25, 0.3) is 21.8 Å². The number of fused-ring (bicyclic) bond motifs is 3. The first-order valence-electron chi connectivity index (χ1n) is 7.86. The second kappa shape index (κ2) is 6.13. The number of pyridine rings is 1. The van der Waals surface area contributed by atoms with E-state index in [1.54, 1.807) is 6.20 Å². The van der Waals surface area contributed by atoms with Crippen LogP contribution in [0.3, 0.4) is 0 Å². The lowest BCUT2D eigenvalue weighted by atomic mass is 10.2. The predicted octanol–water partition coefficient (Wildman–Crippen LogP) is 5.01. The lowest BCUT2D eigenvalue weighted by Crippen LogP contribution is -2.21. The molecule has 0 aliphatic rings. The Morgan fingerprint density at radius 1 is 0.917 bits per heavy atom. The van der Waals surface area contributed by atoms with Gasteiger partial charge in [-0.15, -0.1) is 0 Å². The van der Waals surface area contributed by atoms with Crippen molar-refractivity contribution in [3.63, 3.8) is 0 Å². The summed E-state index contributed by atoms with van der Waals surface area (Å²) in [6.45, 7) is 1.94. The van der Waals surface area contributed by atoms with Crippen LogP contribution >= 0.6 is 11.8 Å². The summed E-state index contributed by atoms with van der Waals surface area (Å²) in [6.07, 6.45) is 1.75. The van der Waals surface area contributed by atoms with E-state index in [4.69, 9.17) is 0 Å². The summed E-state index contributed by atoms with van der Waals surface area (Å²) in [7, 11) is 0. The zero-order chi connectivity index (χ0) is 16.5. The van der Waals surface area contributed by atoms with Gasteiger partial charge in [-0.25, -0.2) is 4.98 Å². The molecule has 4 aromatic rings. The quantitative estimate of drug-likeness (QED) is 0.495. The molecule has 2 aromatic carbocycles. The fraction of sp³-hybridized carbons (Fsp3) is 0.100. The molecule has 0 bridgehead atoms. The van der Waals surface area contributed by atoms with E-state index >= 15 is 0 Å². The third-order valence-corrected chi connectivity index (χ3v) is 5.12. The van der Waals surface area contributed by atoms with Crippen LogP contribution in [0, 0.1) is 0 Å². The van der Waals surface area contributed by atoms with E-state index < -0.39 is 0 Å². The Morgan fingerprint density at radius 3 is 2.08 bits per heavy atom. The van der Waals surface area contributed by atoms with Crippen LogP contribution in [-0.2, 0) is 0 Å². The van der Waals surface area contributed by atoms with Crippen LogP contribution in [0.2, 0.25) is 0 Å². The standard InChI is InChI=1S/C20H16N2OS/c1-14(24-19-12-6-7-13-21-19)20(23)22-17-10-4-2-8-15(17)16-9-3-5-11-18(16)22/h2-14H,1H3/t14-/m1/s1. The average molecular weight is 332 g/mol. The first-order valence-corrected chi connectivity index (χ1v) is 8.74. The summed E-state index contributed by atoms with van der Waals surface area (Å²) in [6, 6.07) is 21.9. The Morgan fingerprint density at radius 2 is 1.50 bits per heavy atom. The van der Waals surface area contributed by atoms with Gasteiger partial charge in [0, 0.05) is 17.0 Å². The first kappa shape index (κ1) is 15.0. The molecule has 0 radical (unpaired) electrons. The van der Waals surface area contributed by atoms with Gasteiger partial charge in [0.2, 0.25) is 5.91 Å². The second-order valence-electron chi connectivity index (χ2n) is 5.64. The lowest BCUT2D eigenvalue weighted by molar-refractivity contribution is 0.0925. The molecule has 4 rings (SSSR count). The van der Waals surface area contributed by atoms with Gasteiger partial charge >= 0.3 is 0 Å². The normalized spacial score (nSPS) is 12.5. The maximum atomic E-state index is 13.2. The monoisotopic (exact) mass is 332 g/mol. The van der Waals surface area contributed by atoms with E-state index in [2.05, 4.69) is 17.1 Å². The van der Waals surface area contributed by atoms with E-state index in [-0.39, 0.29) is 11.2 Å². The van der Waals surface area contributed by atoms with Gasteiger partial charge in [0.1, 0.15) is 0 Å². The number of nitrogens with zero attached hydrogens (tertiary/aromatic N) is 2. The minimum atomic E-state index is -0.223. The smallest absolute Gasteiger partial charge is 0.244 e. The van der Waals surface area contributed by atoms with E-state index in [1.807, 2.05) is 66.1 Å². The first-order chi connectivity index (χ1) is 11.8. The molecule has 1 atom stereocenters. The van der Waals surface area contributed by atoms with Crippen molar-refractivity contribution in [2.45, 2.75) is 17.2 Å². The molecule has 3 nitrogen and oxygen atoms in total. The fourth-order valence-corrected chi connectivity index (χ4v) is 3.84. The van der Waals surface area contributed by atoms with Crippen LogP contribution < -0.4 is 0 Å². The van der Waals surface area contributed by atoms with E-state index in [0.717, 1.165) is 26.8 Å². The minimum absolute atomic E-state index is 0.0723. The molecule has 0 saturated carbocycles. The number of carbonyl (C=O) groups is 1. The maximum absolute atomic E-state index is 13.2. The zero-order valence-electron chi connectivity index (χ0n) is 13.2. The fourth-order valence-electron chi connectivity index (χ4n) is 2.99. The molecule has 0 saturated heterocycles. The summed E-state index contributed by atoms with van der Waals surface area (Å²) in [4.78, 5) is 17.5. The summed E-state index contributed by atoms with van der Waals surface area (Å²) in [5.41, 5.74) is 1.91. The van der Waals surface area contributed by atoms with Crippen molar-refractivity contribution in [3.8, 4) is 0 Å². The Bertz CT molecular complexity index is 970. The molecule has 24 heavy (non-hydrogen) atoms. The number of hydrogen-bond donors (Lipinski definition) is 0. The molecule has 0 fully saturated rings. The van der Waals surface area contributed by atoms with Crippen molar-refractivity contribution >= 4 is 39.5 Å². The molecule has 0 amide bonds. The van der Waals surface area contributed by atoms with Gasteiger partial charge in [0.05, 0.1) is 21.3 Å². The van der Waals surface area contributed by atoms with Gasteiger partial charge < -0.3 is 0 Å². The van der Waals surface area contributed by atoms with Crippen molar-refractivity contribution in [3.05, 3.63) is 72.9 Å². The number of thioether (sulfide) groups is 1. The SMILES string of the molecule is C[C@@H](Sc1ccccn1)C(=O)n1c2ccccc2c2ccccc21. The topological polar surface area (TPSA) is 34.9 Å². The molecule has 2 heterocycles. The summed E-state index contributed by atoms with van der Waals surface area (Å²) >= 11 is 1.49. The van der Waals surface area contributed by atoms with Crippen LogP contribution in [0.15, 0.2) is 78.0 Å². The summed E-state index contributed by atoms with van der Waals surface area (Å²) in [5, 5.41) is 2.85. The van der Waals surface area contributed by atoms with Crippen molar-refractivity contribution < 1.29 is 4.79 Å². The van der Waals surface area contributed by atoms with E-state index in [0.29, 0.717) is 0 Å². The third-order valence-electron chi connectivity index (χ3n) is 4.08. The highest BCUT2D eigenvalue weighted by Crippen LogP contribution is 2.31. The van der Waals surface area contributed by atoms with Crippen LogP contribution in [-0.4, -0.2) is 20.7 Å². The van der Waals surface area contributed by atoms with E-state index in [9.17, 15) is 4.79 Å². The van der Waals surface area contributed by atoms with Gasteiger partial charge in [-0.05, 0) is 31.2 Å². The molecule has 0 aliphatic heterocycles. The Kier molecular flexibility index (Phi) is 3.82.